The topological polar surface area (TPSA) is 12.4 Å². The average molecular weight is 169 g/mol. The number of aliphatic imine (C=N–C) groups is 1. The van der Waals surface area contributed by atoms with Crippen LogP contribution in [-0.2, 0) is 6.42 Å². The third-order valence-corrected chi connectivity index (χ3v) is 2.81. The van der Waals surface area contributed by atoms with Crippen molar-refractivity contribution in [1.82, 2.24) is 0 Å². The Morgan fingerprint density at radius 1 is 1.64 bits per heavy atom. The van der Waals surface area contributed by atoms with Crippen LogP contribution >= 0.6 is 11.3 Å². The fourth-order valence-electron chi connectivity index (χ4n) is 1.28. The van der Waals surface area contributed by atoms with Gasteiger partial charge in [0, 0.05) is 23.4 Å². The normalized spacial score (nSPS) is 15.9. The Morgan fingerprint density at radius 3 is 3.36 bits per heavy atom. The summed E-state index contributed by atoms with van der Waals surface area (Å²) < 4.78 is 12.3. The third kappa shape index (κ3) is 1.09. The molecular weight excluding hydrogens is 161 g/mol. The van der Waals surface area contributed by atoms with E-state index < -0.39 is 6.67 Å². The van der Waals surface area contributed by atoms with Gasteiger partial charge in [0.15, 0.2) is 0 Å². The van der Waals surface area contributed by atoms with Crippen molar-refractivity contribution in [1.29, 1.82) is 0 Å². The number of thiophene rings is 1. The Kier molecular flexibility index (Phi) is 1.74. The summed E-state index contributed by atoms with van der Waals surface area (Å²) in [7, 11) is 0. The van der Waals surface area contributed by atoms with Crippen LogP contribution in [0.2, 0.25) is 0 Å². The molecule has 11 heavy (non-hydrogen) atoms. The minimum atomic E-state index is -0.427. The first kappa shape index (κ1) is 6.98. The van der Waals surface area contributed by atoms with Crippen LogP contribution in [0.4, 0.5) is 4.39 Å². The molecule has 2 heterocycles. The second-order valence-corrected chi connectivity index (χ2v) is 3.47. The lowest BCUT2D eigenvalue weighted by Crippen LogP contribution is -2.11. The maximum atomic E-state index is 12.3. The molecule has 1 aromatic heterocycles. The predicted octanol–water partition coefficient (Wildman–Crippen LogP) is 2.06. The summed E-state index contributed by atoms with van der Waals surface area (Å²) >= 11 is 1.70. The molecule has 0 fully saturated rings. The number of rotatable bonds is 1. The van der Waals surface area contributed by atoms with Crippen molar-refractivity contribution >= 4 is 17.0 Å². The van der Waals surface area contributed by atoms with Crippen molar-refractivity contribution in [2.45, 2.75) is 6.42 Å². The maximum absolute atomic E-state index is 12.3. The number of nitrogens with zero attached hydrogens (tertiary/aromatic N) is 1. The molecule has 0 unspecified atom stereocenters. The molecule has 2 rings (SSSR count). The van der Waals surface area contributed by atoms with Gasteiger partial charge in [0.25, 0.3) is 0 Å². The number of hydrogen-bond acceptors (Lipinski definition) is 2. The monoisotopic (exact) mass is 169 g/mol. The van der Waals surface area contributed by atoms with E-state index in [0.29, 0.717) is 5.71 Å². The summed E-state index contributed by atoms with van der Waals surface area (Å²) in [5.74, 6) is 0. The number of hydrogen-bond donors (Lipinski definition) is 0. The molecule has 0 amide bonds. The van der Waals surface area contributed by atoms with E-state index in [1.54, 1.807) is 11.3 Å². The van der Waals surface area contributed by atoms with Gasteiger partial charge in [-0.25, -0.2) is 4.39 Å². The summed E-state index contributed by atoms with van der Waals surface area (Å²) in [5.41, 5.74) is 1.66. The lowest BCUT2D eigenvalue weighted by molar-refractivity contribution is 0.579. The van der Waals surface area contributed by atoms with E-state index in [1.165, 1.54) is 4.88 Å². The van der Waals surface area contributed by atoms with Gasteiger partial charge in [0.1, 0.15) is 6.67 Å². The molecule has 0 spiro atoms. The highest BCUT2D eigenvalue weighted by atomic mass is 32.1. The minimum Gasteiger partial charge on any atom is -0.286 e. The van der Waals surface area contributed by atoms with Crippen LogP contribution in [0.5, 0.6) is 0 Å². The smallest absolute Gasteiger partial charge is 0.132 e. The van der Waals surface area contributed by atoms with E-state index >= 15 is 0 Å². The zero-order valence-corrected chi connectivity index (χ0v) is 6.83. The second-order valence-electron chi connectivity index (χ2n) is 2.47. The van der Waals surface area contributed by atoms with Crippen LogP contribution in [0.3, 0.4) is 0 Å². The van der Waals surface area contributed by atoms with Crippen molar-refractivity contribution in [2.75, 3.05) is 13.2 Å². The first-order chi connectivity index (χ1) is 5.42. The van der Waals surface area contributed by atoms with Gasteiger partial charge < -0.3 is 0 Å². The molecule has 1 nitrogen and oxygen atoms in total. The van der Waals surface area contributed by atoms with E-state index in [1.807, 2.05) is 11.4 Å². The van der Waals surface area contributed by atoms with Crippen LogP contribution in [0.1, 0.15) is 10.4 Å². The summed E-state index contributed by atoms with van der Waals surface area (Å²) in [6.45, 7) is 0.330. The molecule has 1 aromatic rings. The van der Waals surface area contributed by atoms with Crippen molar-refractivity contribution in [3.05, 3.63) is 21.9 Å². The van der Waals surface area contributed by atoms with E-state index in [2.05, 4.69) is 4.99 Å². The third-order valence-electron chi connectivity index (χ3n) is 1.82. The molecule has 1 aliphatic heterocycles. The number of fused-ring (bicyclic) bond motifs is 1. The highest BCUT2D eigenvalue weighted by Crippen LogP contribution is 2.21. The lowest BCUT2D eigenvalue weighted by Gasteiger charge is -2.08. The molecule has 58 valence electrons. The van der Waals surface area contributed by atoms with Crippen molar-refractivity contribution in [2.24, 2.45) is 4.99 Å². The van der Waals surface area contributed by atoms with Crippen LogP contribution in [0.15, 0.2) is 16.4 Å². The average Bonchev–Trinajstić information content (AvgIpc) is 2.50. The van der Waals surface area contributed by atoms with Gasteiger partial charge in [-0.05, 0) is 11.4 Å². The van der Waals surface area contributed by atoms with Gasteiger partial charge in [0.2, 0.25) is 0 Å². The van der Waals surface area contributed by atoms with E-state index in [9.17, 15) is 4.39 Å². The molecule has 0 atom stereocenters. The molecule has 0 bridgehead atoms. The molecule has 0 aromatic carbocycles. The van der Waals surface area contributed by atoms with Gasteiger partial charge in [-0.1, -0.05) is 0 Å². The van der Waals surface area contributed by atoms with E-state index in [0.717, 1.165) is 18.5 Å². The zero-order chi connectivity index (χ0) is 7.68. The molecule has 0 radical (unpaired) electrons. The first-order valence-corrected chi connectivity index (χ1v) is 4.46. The van der Waals surface area contributed by atoms with Gasteiger partial charge in [-0.2, -0.15) is 0 Å². The number of halogens is 1. The van der Waals surface area contributed by atoms with Gasteiger partial charge in [-0.15, -0.1) is 11.3 Å². The molecular formula is C8H8FNS. The number of alkyl halides is 1. The maximum Gasteiger partial charge on any atom is 0.132 e. The van der Waals surface area contributed by atoms with Crippen molar-refractivity contribution < 1.29 is 4.39 Å². The second kappa shape index (κ2) is 2.74. The molecule has 0 saturated heterocycles. The van der Waals surface area contributed by atoms with Gasteiger partial charge in [-0.3, -0.25) is 4.99 Å². The molecule has 1 aliphatic rings. The Bertz CT molecular complexity index is 290. The quantitative estimate of drug-likeness (QED) is 0.610. The SMILES string of the molecule is FCC1=NCCc2sccc21. The Labute approximate surface area is 68.6 Å². The van der Waals surface area contributed by atoms with Crippen molar-refractivity contribution in [3.8, 4) is 0 Å². The fraction of sp³-hybridized carbons (Fsp3) is 0.375. The Morgan fingerprint density at radius 2 is 2.55 bits per heavy atom. The summed E-state index contributed by atoms with van der Waals surface area (Å²) in [6.07, 6.45) is 0.983. The van der Waals surface area contributed by atoms with Gasteiger partial charge >= 0.3 is 0 Å². The largest absolute Gasteiger partial charge is 0.286 e. The minimum absolute atomic E-state index is 0.427. The van der Waals surface area contributed by atoms with E-state index in [-0.39, 0.29) is 0 Å². The fourth-order valence-corrected chi connectivity index (χ4v) is 2.17. The Balaban J connectivity index is 2.45. The van der Waals surface area contributed by atoms with Gasteiger partial charge in [0.05, 0.1) is 5.71 Å². The Hall–Kier alpha value is -0.700. The standard InChI is InChI=1S/C8H8FNS/c9-5-7-6-2-4-11-8(6)1-3-10-7/h2,4H,1,3,5H2. The highest BCUT2D eigenvalue weighted by Gasteiger charge is 2.13. The molecule has 3 heteroatoms. The highest BCUT2D eigenvalue weighted by molar-refractivity contribution is 7.10. The van der Waals surface area contributed by atoms with Crippen LogP contribution < -0.4 is 0 Å². The first-order valence-electron chi connectivity index (χ1n) is 3.58. The van der Waals surface area contributed by atoms with Crippen LogP contribution in [0, 0.1) is 0 Å². The van der Waals surface area contributed by atoms with Crippen LogP contribution in [-0.4, -0.2) is 18.9 Å². The molecule has 0 saturated carbocycles. The predicted molar refractivity (Wildman–Crippen MR) is 45.4 cm³/mol. The molecule has 0 N–H and O–H groups in total. The van der Waals surface area contributed by atoms with E-state index in [4.69, 9.17) is 0 Å². The lowest BCUT2D eigenvalue weighted by atomic mass is 10.1. The zero-order valence-electron chi connectivity index (χ0n) is 6.01. The summed E-state index contributed by atoms with van der Waals surface area (Å²) in [4.78, 5) is 5.39. The molecule has 0 aliphatic carbocycles. The summed E-state index contributed by atoms with van der Waals surface area (Å²) in [5, 5.41) is 2.00. The summed E-state index contributed by atoms with van der Waals surface area (Å²) in [6, 6.07) is 1.96. The van der Waals surface area contributed by atoms with Crippen molar-refractivity contribution in [3.63, 3.8) is 0 Å². The van der Waals surface area contributed by atoms with Crippen LogP contribution in [0.25, 0.3) is 0 Å².